The van der Waals surface area contributed by atoms with Crippen LogP contribution in [0.25, 0.3) is 0 Å². The van der Waals surface area contributed by atoms with E-state index < -0.39 is 5.97 Å². The van der Waals surface area contributed by atoms with E-state index in [1.54, 1.807) is 30.0 Å². The van der Waals surface area contributed by atoms with E-state index >= 15 is 0 Å². The molecule has 1 fully saturated rings. The van der Waals surface area contributed by atoms with Crippen molar-refractivity contribution >= 4 is 30.2 Å². The van der Waals surface area contributed by atoms with Crippen LogP contribution in [0.5, 0.6) is 0 Å². The van der Waals surface area contributed by atoms with E-state index in [4.69, 9.17) is 5.11 Å². The number of carboxylic acids is 1. The maximum absolute atomic E-state index is 11.9. The van der Waals surface area contributed by atoms with Crippen LogP contribution < -0.4 is 4.90 Å². The largest absolute Gasteiger partial charge is 0.478 e. The molecule has 0 spiro atoms. The third-order valence-corrected chi connectivity index (χ3v) is 3.74. The first-order valence-electron chi connectivity index (χ1n) is 5.78. The summed E-state index contributed by atoms with van der Waals surface area (Å²) in [6, 6.07) is 5.09. The second-order valence-electron chi connectivity index (χ2n) is 4.56. The number of benzene rings is 1. The Morgan fingerprint density at radius 2 is 2.28 bits per heavy atom. The summed E-state index contributed by atoms with van der Waals surface area (Å²) in [4.78, 5) is 24.6. The highest BCUT2D eigenvalue weighted by Crippen LogP contribution is 2.27. The Balaban J connectivity index is 2.32. The SMILES string of the molecule is Cc1ccc(N2CC(CS)CC2=O)cc1C(=O)O. The topological polar surface area (TPSA) is 57.6 Å². The van der Waals surface area contributed by atoms with Crippen molar-refractivity contribution in [2.75, 3.05) is 17.2 Å². The Hall–Kier alpha value is -1.49. The molecule has 5 heteroatoms. The van der Waals surface area contributed by atoms with E-state index in [0.717, 1.165) is 0 Å². The van der Waals surface area contributed by atoms with Crippen molar-refractivity contribution in [3.8, 4) is 0 Å². The van der Waals surface area contributed by atoms with Crippen LogP contribution in [0.3, 0.4) is 0 Å². The van der Waals surface area contributed by atoms with Crippen LogP contribution in [0, 0.1) is 12.8 Å². The zero-order chi connectivity index (χ0) is 13.3. The second kappa shape index (κ2) is 5.02. The zero-order valence-electron chi connectivity index (χ0n) is 10.1. The molecule has 0 aromatic heterocycles. The molecule has 0 aliphatic carbocycles. The Kier molecular flexibility index (Phi) is 3.61. The monoisotopic (exact) mass is 265 g/mol. The fourth-order valence-electron chi connectivity index (χ4n) is 2.16. The molecule has 0 bridgehead atoms. The third kappa shape index (κ3) is 2.36. The molecule has 1 aromatic rings. The maximum Gasteiger partial charge on any atom is 0.336 e. The summed E-state index contributed by atoms with van der Waals surface area (Å²) < 4.78 is 0. The van der Waals surface area contributed by atoms with Gasteiger partial charge in [0.1, 0.15) is 0 Å². The first kappa shape index (κ1) is 13.0. The van der Waals surface area contributed by atoms with E-state index in [-0.39, 0.29) is 17.4 Å². The van der Waals surface area contributed by atoms with Gasteiger partial charge in [-0.1, -0.05) is 6.07 Å². The Labute approximate surface area is 111 Å². The van der Waals surface area contributed by atoms with Crippen molar-refractivity contribution in [2.45, 2.75) is 13.3 Å². The minimum Gasteiger partial charge on any atom is -0.478 e. The highest BCUT2D eigenvalue weighted by atomic mass is 32.1. The van der Waals surface area contributed by atoms with Crippen LogP contribution >= 0.6 is 12.6 Å². The molecule has 1 aliphatic heterocycles. The predicted molar refractivity (Wildman–Crippen MR) is 72.5 cm³/mol. The highest BCUT2D eigenvalue weighted by Gasteiger charge is 2.30. The number of carbonyl (C=O) groups excluding carboxylic acids is 1. The van der Waals surface area contributed by atoms with Crippen LogP contribution in [-0.2, 0) is 4.79 Å². The molecule has 0 saturated carbocycles. The lowest BCUT2D eigenvalue weighted by atomic mass is 10.1. The minimum absolute atomic E-state index is 0.0363. The molecule has 2 rings (SSSR count). The quantitative estimate of drug-likeness (QED) is 0.822. The van der Waals surface area contributed by atoms with E-state index in [1.807, 2.05) is 0 Å². The van der Waals surface area contributed by atoms with Crippen molar-refractivity contribution in [3.63, 3.8) is 0 Å². The van der Waals surface area contributed by atoms with Gasteiger partial charge >= 0.3 is 5.97 Å². The summed E-state index contributed by atoms with van der Waals surface area (Å²) in [5.74, 6) is -0.0173. The van der Waals surface area contributed by atoms with Gasteiger partial charge in [0.25, 0.3) is 0 Å². The zero-order valence-corrected chi connectivity index (χ0v) is 11.0. The number of thiol groups is 1. The number of aromatic carboxylic acids is 1. The Bertz CT molecular complexity index is 501. The van der Waals surface area contributed by atoms with Gasteiger partial charge in [-0.05, 0) is 36.3 Å². The van der Waals surface area contributed by atoms with Crippen LogP contribution in [0.1, 0.15) is 22.3 Å². The third-order valence-electron chi connectivity index (χ3n) is 3.23. The summed E-state index contributed by atoms with van der Waals surface area (Å²) in [6.07, 6.45) is 0.486. The predicted octanol–water partition coefficient (Wildman–Crippen LogP) is 1.98. The van der Waals surface area contributed by atoms with Gasteiger partial charge in [0.05, 0.1) is 5.56 Å². The summed E-state index contributed by atoms with van der Waals surface area (Å²) in [5, 5.41) is 9.08. The molecule has 1 heterocycles. The molecule has 0 radical (unpaired) electrons. The van der Waals surface area contributed by atoms with E-state index in [9.17, 15) is 9.59 Å². The van der Waals surface area contributed by atoms with Gasteiger partial charge in [0, 0.05) is 18.7 Å². The molecule has 18 heavy (non-hydrogen) atoms. The summed E-state index contributed by atoms with van der Waals surface area (Å²) in [5.41, 5.74) is 1.60. The molecule has 1 atom stereocenters. The van der Waals surface area contributed by atoms with Crippen molar-refractivity contribution in [2.24, 2.45) is 5.92 Å². The van der Waals surface area contributed by atoms with Crippen LogP contribution in [0.15, 0.2) is 18.2 Å². The summed E-state index contributed by atoms with van der Waals surface area (Å²) in [7, 11) is 0. The molecular formula is C13H15NO3S. The van der Waals surface area contributed by atoms with Gasteiger partial charge in [-0.2, -0.15) is 12.6 Å². The van der Waals surface area contributed by atoms with Crippen molar-refractivity contribution in [1.29, 1.82) is 0 Å². The van der Waals surface area contributed by atoms with Gasteiger partial charge in [-0.3, -0.25) is 4.79 Å². The Morgan fingerprint density at radius 1 is 1.56 bits per heavy atom. The van der Waals surface area contributed by atoms with E-state index in [2.05, 4.69) is 12.6 Å². The first-order valence-corrected chi connectivity index (χ1v) is 6.41. The van der Waals surface area contributed by atoms with Crippen LogP contribution in [0.2, 0.25) is 0 Å². The second-order valence-corrected chi connectivity index (χ2v) is 4.93. The average Bonchev–Trinajstić information content (AvgIpc) is 2.71. The number of amides is 1. The van der Waals surface area contributed by atoms with Gasteiger partial charge in [-0.15, -0.1) is 0 Å². The average molecular weight is 265 g/mol. The molecule has 1 aliphatic rings. The van der Waals surface area contributed by atoms with Crippen molar-refractivity contribution < 1.29 is 14.7 Å². The maximum atomic E-state index is 11.9. The number of carbonyl (C=O) groups is 2. The van der Waals surface area contributed by atoms with Gasteiger partial charge in [-0.25, -0.2) is 4.79 Å². The fourth-order valence-corrected chi connectivity index (χ4v) is 2.41. The van der Waals surface area contributed by atoms with Crippen molar-refractivity contribution in [3.05, 3.63) is 29.3 Å². The highest BCUT2D eigenvalue weighted by molar-refractivity contribution is 7.80. The number of hydrogen-bond donors (Lipinski definition) is 2. The van der Waals surface area contributed by atoms with Gasteiger partial charge < -0.3 is 10.0 Å². The minimum atomic E-state index is -0.966. The van der Waals surface area contributed by atoms with Gasteiger partial charge in [0.2, 0.25) is 5.91 Å². The number of carboxylic acid groups (broad SMARTS) is 1. The molecule has 4 nitrogen and oxygen atoms in total. The van der Waals surface area contributed by atoms with E-state index in [1.165, 1.54) is 0 Å². The van der Waals surface area contributed by atoms with Crippen LogP contribution in [-0.4, -0.2) is 29.3 Å². The fraction of sp³-hybridized carbons (Fsp3) is 0.385. The summed E-state index contributed by atoms with van der Waals surface area (Å²) >= 11 is 4.21. The molecule has 1 amide bonds. The summed E-state index contributed by atoms with van der Waals surface area (Å²) in [6.45, 7) is 2.36. The number of nitrogens with zero attached hydrogens (tertiary/aromatic N) is 1. The standard InChI is InChI=1S/C13H15NO3S/c1-8-2-3-10(5-11(8)13(16)17)14-6-9(7-18)4-12(14)15/h2-3,5,9,18H,4,6-7H2,1H3,(H,16,17). The van der Waals surface area contributed by atoms with Crippen LogP contribution in [0.4, 0.5) is 5.69 Å². The lowest BCUT2D eigenvalue weighted by molar-refractivity contribution is -0.117. The molecule has 1 N–H and O–H groups in total. The number of anilines is 1. The molecule has 1 unspecified atom stereocenters. The molecular weight excluding hydrogens is 250 g/mol. The molecule has 1 aromatic carbocycles. The smallest absolute Gasteiger partial charge is 0.336 e. The normalized spacial score (nSPS) is 19.3. The number of rotatable bonds is 3. The lowest BCUT2D eigenvalue weighted by Gasteiger charge is -2.17. The molecule has 96 valence electrons. The first-order chi connectivity index (χ1) is 8.52. The molecule has 1 saturated heterocycles. The Morgan fingerprint density at radius 3 is 2.83 bits per heavy atom. The number of hydrogen-bond acceptors (Lipinski definition) is 3. The van der Waals surface area contributed by atoms with Crippen molar-refractivity contribution in [1.82, 2.24) is 0 Å². The van der Waals surface area contributed by atoms with E-state index in [0.29, 0.717) is 30.0 Å². The lowest BCUT2D eigenvalue weighted by Crippen LogP contribution is -2.25. The number of aryl methyl sites for hydroxylation is 1. The van der Waals surface area contributed by atoms with Gasteiger partial charge in [0.15, 0.2) is 0 Å².